The topological polar surface area (TPSA) is 29.9 Å². The first kappa shape index (κ1) is 14.3. The van der Waals surface area contributed by atoms with Gasteiger partial charge in [0.25, 0.3) is 0 Å². The predicted octanol–water partition coefficient (Wildman–Crippen LogP) is 3.50. The molecule has 2 aromatic rings. The van der Waals surface area contributed by atoms with E-state index in [1.54, 1.807) is 0 Å². The Morgan fingerprint density at radius 3 is 2.47 bits per heavy atom. The highest BCUT2D eigenvalue weighted by molar-refractivity contribution is 7.11. The minimum atomic E-state index is 0.167. The molecule has 0 aliphatic rings. The van der Waals surface area contributed by atoms with Crippen LogP contribution in [0, 0.1) is 13.8 Å². The maximum Gasteiger partial charge on any atom is 0.0755 e. The van der Waals surface area contributed by atoms with Crippen LogP contribution < -0.4 is 5.32 Å². The lowest BCUT2D eigenvalue weighted by molar-refractivity contribution is 0.426. The van der Waals surface area contributed by atoms with Crippen LogP contribution in [0.2, 0.25) is 0 Å². The molecule has 2 rings (SSSR count). The highest BCUT2D eigenvalue weighted by Crippen LogP contribution is 2.19. The summed E-state index contributed by atoms with van der Waals surface area (Å²) in [6, 6.07) is 6.54. The first-order valence-electron chi connectivity index (χ1n) is 6.67. The monoisotopic (exact) mass is 277 g/mol. The first-order valence-corrected chi connectivity index (χ1v) is 7.49. The molecular formula is C15H23N3S. The van der Waals surface area contributed by atoms with Gasteiger partial charge in [-0.15, -0.1) is 11.3 Å². The highest BCUT2D eigenvalue weighted by Gasteiger charge is 2.10. The van der Waals surface area contributed by atoms with Gasteiger partial charge < -0.3 is 5.32 Å². The fraction of sp³-hybridized carbons (Fsp3) is 0.533. The number of thiophene rings is 1. The highest BCUT2D eigenvalue weighted by atomic mass is 32.1. The molecule has 0 bridgehead atoms. The fourth-order valence-corrected chi connectivity index (χ4v) is 2.88. The van der Waals surface area contributed by atoms with Crippen LogP contribution in [0.3, 0.4) is 0 Å². The van der Waals surface area contributed by atoms with Gasteiger partial charge in [0, 0.05) is 27.5 Å². The van der Waals surface area contributed by atoms with E-state index in [9.17, 15) is 0 Å². The van der Waals surface area contributed by atoms with Crippen LogP contribution in [-0.4, -0.2) is 15.3 Å². The molecule has 0 atom stereocenters. The third kappa shape index (κ3) is 4.18. The van der Waals surface area contributed by atoms with E-state index in [4.69, 9.17) is 0 Å². The molecule has 2 heterocycles. The average Bonchev–Trinajstić information content (AvgIpc) is 2.83. The van der Waals surface area contributed by atoms with E-state index in [0.29, 0.717) is 0 Å². The molecule has 0 fully saturated rings. The van der Waals surface area contributed by atoms with Crippen LogP contribution in [0.5, 0.6) is 0 Å². The van der Waals surface area contributed by atoms with Crippen molar-refractivity contribution in [3.05, 3.63) is 39.3 Å². The Balaban J connectivity index is 1.99. The van der Waals surface area contributed by atoms with Crippen molar-refractivity contribution in [1.82, 2.24) is 15.1 Å². The van der Waals surface area contributed by atoms with Crippen LogP contribution in [0.1, 0.15) is 41.9 Å². The molecule has 4 heteroatoms. The fourth-order valence-electron chi connectivity index (χ4n) is 1.94. The van der Waals surface area contributed by atoms with Crippen LogP contribution in [-0.2, 0) is 13.1 Å². The minimum absolute atomic E-state index is 0.167. The van der Waals surface area contributed by atoms with Crippen LogP contribution in [0.4, 0.5) is 0 Å². The molecule has 0 unspecified atom stereocenters. The zero-order chi connectivity index (χ0) is 14.0. The van der Waals surface area contributed by atoms with Crippen molar-refractivity contribution in [3.8, 4) is 0 Å². The van der Waals surface area contributed by atoms with Crippen molar-refractivity contribution in [3.63, 3.8) is 0 Å². The summed E-state index contributed by atoms with van der Waals surface area (Å²) in [4.78, 5) is 2.74. The number of aromatic nitrogens is 2. The summed E-state index contributed by atoms with van der Waals surface area (Å²) >= 11 is 1.86. The Hall–Kier alpha value is -1.13. The molecule has 0 aliphatic carbocycles. The largest absolute Gasteiger partial charge is 0.307 e. The summed E-state index contributed by atoms with van der Waals surface area (Å²) in [5.41, 5.74) is 2.48. The molecule has 3 nitrogen and oxygen atoms in total. The van der Waals surface area contributed by atoms with Gasteiger partial charge in [0.1, 0.15) is 0 Å². The number of hydrogen-bond acceptors (Lipinski definition) is 3. The van der Waals surface area contributed by atoms with Gasteiger partial charge in [-0.05, 0) is 52.8 Å². The van der Waals surface area contributed by atoms with Crippen LogP contribution >= 0.6 is 11.3 Å². The lowest BCUT2D eigenvalue weighted by atomic mass is 10.1. The Morgan fingerprint density at radius 1 is 1.21 bits per heavy atom. The third-order valence-electron chi connectivity index (χ3n) is 2.92. The summed E-state index contributed by atoms with van der Waals surface area (Å²) in [7, 11) is 0. The molecule has 0 saturated heterocycles. The van der Waals surface area contributed by atoms with E-state index in [-0.39, 0.29) is 5.54 Å². The zero-order valence-electron chi connectivity index (χ0n) is 12.4. The van der Waals surface area contributed by atoms with Crippen LogP contribution in [0.25, 0.3) is 0 Å². The number of hydrogen-bond donors (Lipinski definition) is 1. The van der Waals surface area contributed by atoms with E-state index in [1.807, 2.05) is 18.3 Å². The SMILES string of the molecule is Cc1cc(C)n(Cc2ccc(CNC(C)(C)C)s2)n1. The number of aryl methyl sites for hydroxylation is 2. The molecule has 2 aromatic heterocycles. The van der Waals surface area contributed by atoms with Gasteiger partial charge in [0.15, 0.2) is 0 Å². The van der Waals surface area contributed by atoms with Crippen molar-refractivity contribution < 1.29 is 0 Å². The average molecular weight is 277 g/mol. The third-order valence-corrected chi connectivity index (χ3v) is 3.99. The molecule has 0 saturated carbocycles. The molecule has 0 amide bonds. The number of rotatable bonds is 4. The second kappa shape index (κ2) is 5.47. The summed E-state index contributed by atoms with van der Waals surface area (Å²) in [6.07, 6.45) is 0. The molecule has 19 heavy (non-hydrogen) atoms. The number of nitrogens with zero attached hydrogens (tertiary/aromatic N) is 2. The van der Waals surface area contributed by atoms with Gasteiger partial charge in [0.05, 0.1) is 12.2 Å². The number of nitrogens with one attached hydrogen (secondary N) is 1. The maximum atomic E-state index is 4.51. The van der Waals surface area contributed by atoms with Gasteiger partial charge in [0.2, 0.25) is 0 Å². The summed E-state index contributed by atoms with van der Waals surface area (Å²) in [5, 5.41) is 8.03. The molecule has 1 N–H and O–H groups in total. The second-order valence-corrected chi connectivity index (χ2v) is 7.31. The Labute approximate surface area is 119 Å². The molecule has 104 valence electrons. The summed E-state index contributed by atoms with van der Waals surface area (Å²) in [6.45, 7) is 12.5. The summed E-state index contributed by atoms with van der Waals surface area (Å²) < 4.78 is 2.07. The Kier molecular flexibility index (Phi) is 4.11. The Morgan fingerprint density at radius 2 is 1.89 bits per heavy atom. The van der Waals surface area contributed by atoms with Crippen molar-refractivity contribution in [2.24, 2.45) is 0 Å². The molecular weight excluding hydrogens is 254 g/mol. The van der Waals surface area contributed by atoms with E-state index in [0.717, 1.165) is 18.8 Å². The van der Waals surface area contributed by atoms with Crippen LogP contribution in [0.15, 0.2) is 18.2 Å². The lowest BCUT2D eigenvalue weighted by Gasteiger charge is -2.19. The van der Waals surface area contributed by atoms with Crippen molar-refractivity contribution in [2.45, 2.75) is 53.2 Å². The standard InChI is InChI=1S/C15H23N3S/c1-11-8-12(2)18(17-11)10-14-7-6-13(19-14)9-16-15(3,4)5/h6-8,16H,9-10H2,1-5H3. The molecule has 0 spiro atoms. The van der Waals surface area contributed by atoms with E-state index in [2.05, 4.69) is 61.0 Å². The predicted molar refractivity (Wildman–Crippen MR) is 81.7 cm³/mol. The normalized spacial score (nSPS) is 12.1. The van der Waals surface area contributed by atoms with Crippen molar-refractivity contribution >= 4 is 11.3 Å². The lowest BCUT2D eigenvalue weighted by Crippen LogP contribution is -2.34. The van der Waals surface area contributed by atoms with Gasteiger partial charge in [-0.3, -0.25) is 4.68 Å². The summed E-state index contributed by atoms with van der Waals surface area (Å²) in [5.74, 6) is 0. The Bertz CT molecular complexity index is 546. The molecule has 0 aromatic carbocycles. The second-order valence-electron chi connectivity index (χ2n) is 6.06. The van der Waals surface area contributed by atoms with E-state index < -0.39 is 0 Å². The smallest absolute Gasteiger partial charge is 0.0755 e. The van der Waals surface area contributed by atoms with E-state index >= 15 is 0 Å². The van der Waals surface area contributed by atoms with Crippen molar-refractivity contribution in [1.29, 1.82) is 0 Å². The quantitative estimate of drug-likeness (QED) is 0.927. The van der Waals surface area contributed by atoms with Gasteiger partial charge in [-0.1, -0.05) is 0 Å². The maximum absolute atomic E-state index is 4.51. The molecule has 0 aliphatic heterocycles. The molecule has 0 radical (unpaired) electrons. The van der Waals surface area contributed by atoms with Gasteiger partial charge in [-0.2, -0.15) is 5.10 Å². The first-order chi connectivity index (χ1) is 8.83. The zero-order valence-corrected chi connectivity index (χ0v) is 13.3. The van der Waals surface area contributed by atoms with E-state index in [1.165, 1.54) is 15.4 Å². The van der Waals surface area contributed by atoms with Gasteiger partial charge in [-0.25, -0.2) is 0 Å². The van der Waals surface area contributed by atoms with Gasteiger partial charge >= 0.3 is 0 Å². The minimum Gasteiger partial charge on any atom is -0.307 e. The van der Waals surface area contributed by atoms with Crippen molar-refractivity contribution in [2.75, 3.05) is 0 Å².